The molecule has 0 spiro atoms. The van der Waals surface area contributed by atoms with E-state index in [1.54, 1.807) is 0 Å². The van der Waals surface area contributed by atoms with Crippen LogP contribution in [0.2, 0.25) is 0 Å². The Kier molecular flexibility index (Phi) is 5.49. The van der Waals surface area contributed by atoms with Crippen LogP contribution in [0.15, 0.2) is 12.4 Å². The van der Waals surface area contributed by atoms with Gasteiger partial charge in [0.15, 0.2) is 0 Å². The maximum Gasteiger partial charge on any atom is 0.224 e. The molecule has 1 saturated heterocycles. The Labute approximate surface area is 145 Å². The molecule has 1 aliphatic carbocycles. The topological polar surface area (TPSA) is 72.1 Å². The van der Waals surface area contributed by atoms with Gasteiger partial charge in [0.05, 0.1) is 5.41 Å². The fourth-order valence-corrected chi connectivity index (χ4v) is 4.30. The average Bonchev–Trinajstić information content (AvgIpc) is 2.63. The third-order valence-electron chi connectivity index (χ3n) is 5.96. The first-order valence-electron chi connectivity index (χ1n) is 9.46. The van der Waals surface area contributed by atoms with Gasteiger partial charge in [-0.25, -0.2) is 9.97 Å². The Hall–Kier alpha value is -1.49. The molecule has 0 aromatic carbocycles. The number of primary amides is 1. The first-order chi connectivity index (χ1) is 11.6. The Morgan fingerprint density at radius 1 is 1.25 bits per heavy atom. The SMILES string of the molecule is CC[C@@]1(C(N)=O)CCCN(Cc2cnc(C3CCCCC3)nc2)C1. The van der Waals surface area contributed by atoms with Crippen LogP contribution in [0.3, 0.4) is 0 Å². The van der Waals surface area contributed by atoms with E-state index in [4.69, 9.17) is 5.73 Å². The zero-order chi connectivity index (χ0) is 17.0. The van der Waals surface area contributed by atoms with E-state index in [1.165, 1.54) is 32.1 Å². The highest BCUT2D eigenvalue weighted by Gasteiger charge is 2.39. The molecule has 24 heavy (non-hydrogen) atoms. The van der Waals surface area contributed by atoms with E-state index in [0.717, 1.165) is 50.3 Å². The van der Waals surface area contributed by atoms with Crippen LogP contribution in [0.5, 0.6) is 0 Å². The number of nitrogens with two attached hydrogens (primary N) is 1. The molecule has 0 bridgehead atoms. The summed E-state index contributed by atoms with van der Waals surface area (Å²) >= 11 is 0. The van der Waals surface area contributed by atoms with Gasteiger partial charge in [0, 0.05) is 37.0 Å². The number of carbonyl (C=O) groups excluding carboxylic acids is 1. The van der Waals surface area contributed by atoms with Gasteiger partial charge in [-0.1, -0.05) is 26.2 Å². The predicted octanol–water partition coefficient (Wildman–Crippen LogP) is 3.00. The smallest absolute Gasteiger partial charge is 0.224 e. The molecule has 1 atom stereocenters. The predicted molar refractivity (Wildman–Crippen MR) is 94.3 cm³/mol. The molecule has 1 saturated carbocycles. The van der Waals surface area contributed by atoms with Gasteiger partial charge in [-0.15, -0.1) is 0 Å². The molecule has 0 radical (unpaired) electrons. The van der Waals surface area contributed by atoms with Crippen molar-refractivity contribution in [3.05, 3.63) is 23.8 Å². The molecular weight excluding hydrogens is 300 g/mol. The van der Waals surface area contributed by atoms with Gasteiger partial charge >= 0.3 is 0 Å². The molecule has 5 nitrogen and oxygen atoms in total. The second kappa shape index (κ2) is 7.60. The lowest BCUT2D eigenvalue weighted by atomic mass is 9.77. The number of amides is 1. The van der Waals surface area contributed by atoms with E-state index in [9.17, 15) is 4.79 Å². The van der Waals surface area contributed by atoms with Crippen molar-refractivity contribution in [2.75, 3.05) is 13.1 Å². The summed E-state index contributed by atoms with van der Waals surface area (Å²) in [6, 6.07) is 0. The van der Waals surface area contributed by atoms with Crippen molar-refractivity contribution >= 4 is 5.91 Å². The summed E-state index contributed by atoms with van der Waals surface area (Å²) in [5.41, 5.74) is 6.45. The van der Waals surface area contributed by atoms with E-state index in [2.05, 4.69) is 21.8 Å². The van der Waals surface area contributed by atoms with Crippen LogP contribution in [-0.2, 0) is 11.3 Å². The standard InChI is InChI=1S/C19H30N4O/c1-2-19(18(20)24)9-6-10-23(14-19)13-15-11-21-17(22-12-15)16-7-4-3-5-8-16/h11-12,16H,2-10,13-14H2,1H3,(H2,20,24)/t19-/m1/s1. The first kappa shape index (κ1) is 17.3. The number of nitrogens with zero attached hydrogens (tertiary/aromatic N) is 3. The van der Waals surface area contributed by atoms with Crippen molar-refractivity contribution in [1.29, 1.82) is 0 Å². The highest BCUT2D eigenvalue weighted by Crippen LogP contribution is 2.34. The highest BCUT2D eigenvalue weighted by molar-refractivity contribution is 5.81. The van der Waals surface area contributed by atoms with E-state index in [0.29, 0.717) is 5.92 Å². The number of piperidine rings is 1. The molecule has 2 aliphatic rings. The largest absolute Gasteiger partial charge is 0.369 e. The maximum atomic E-state index is 11.9. The molecule has 2 heterocycles. The second-order valence-electron chi connectivity index (χ2n) is 7.60. The Balaban J connectivity index is 1.62. The molecule has 5 heteroatoms. The summed E-state index contributed by atoms with van der Waals surface area (Å²) in [4.78, 5) is 23.5. The molecule has 3 rings (SSSR count). The average molecular weight is 330 g/mol. The van der Waals surface area contributed by atoms with Crippen molar-refractivity contribution < 1.29 is 4.79 Å². The lowest BCUT2D eigenvalue weighted by Gasteiger charge is -2.40. The normalized spacial score (nSPS) is 26.4. The Morgan fingerprint density at radius 2 is 1.96 bits per heavy atom. The van der Waals surface area contributed by atoms with E-state index < -0.39 is 0 Å². The van der Waals surface area contributed by atoms with Crippen molar-refractivity contribution in [3.8, 4) is 0 Å². The molecule has 132 valence electrons. The second-order valence-corrected chi connectivity index (χ2v) is 7.60. The van der Waals surface area contributed by atoms with Crippen LogP contribution in [0.4, 0.5) is 0 Å². The molecule has 1 aromatic rings. The van der Waals surface area contributed by atoms with E-state index in [-0.39, 0.29) is 11.3 Å². The molecule has 1 aromatic heterocycles. The van der Waals surface area contributed by atoms with Crippen LogP contribution in [0.25, 0.3) is 0 Å². The quantitative estimate of drug-likeness (QED) is 0.901. The highest BCUT2D eigenvalue weighted by atomic mass is 16.1. The van der Waals surface area contributed by atoms with Gasteiger partial charge in [-0.3, -0.25) is 9.69 Å². The van der Waals surface area contributed by atoms with Gasteiger partial charge in [0.2, 0.25) is 5.91 Å². The third kappa shape index (κ3) is 3.77. The van der Waals surface area contributed by atoms with Crippen LogP contribution in [0, 0.1) is 5.41 Å². The van der Waals surface area contributed by atoms with Gasteiger partial charge in [-0.05, 0) is 38.6 Å². The number of hydrogen-bond acceptors (Lipinski definition) is 4. The lowest BCUT2D eigenvalue weighted by molar-refractivity contribution is -0.131. The fraction of sp³-hybridized carbons (Fsp3) is 0.737. The van der Waals surface area contributed by atoms with Crippen molar-refractivity contribution in [2.24, 2.45) is 11.1 Å². The summed E-state index contributed by atoms with van der Waals surface area (Å²) in [6.07, 6.45) is 13.1. The molecule has 1 amide bonds. The van der Waals surface area contributed by atoms with E-state index in [1.807, 2.05) is 12.4 Å². The van der Waals surface area contributed by atoms with Crippen molar-refractivity contribution in [1.82, 2.24) is 14.9 Å². The molecule has 1 aliphatic heterocycles. The van der Waals surface area contributed by atoms with Gasteiger partial charge in [0.25, 0.3) is 0 Å². The summed E-state index contributed by atoms with van der Waals surface area (Å²) in [5, 5.41) is 0. The summed E-state index contributed by atoms with van der Waals surface area (Å²) in [5.74, 6) is 1.40. The zero-order valence-corrected chi connectivity index (χ0v) is 14.8. The van der Waals surface area contributed by atoms with Gasteiger partial charge in [0.1, 0.15) is 5.82 Å². The monoisotopic (exact) mass is 330 g/mol. The van der Waals surface area contributed by atoms with Crippen LogP contribution >= 0.6 is 0 Å². The van der Waals surface area contributed by atoms with Crippen LogP contribution < -0.4 is 5.73 Å². The Morgan fingerprint density at radius 3 is 2.58 bits per heavy atom. The lowest BCUT2D eigenvalue weighted by Crippen LogP contribution is -2.49. The minimum Gasteiger partial charge on any atom is -0.369 e. The number of likely N-dealkylation sites (tertiary alicyclic amines) is 1. The number of rotatable bonds is 5. The minimum absolute atomic E-state index is 0.154. The van der Waals surface area contributed by atoms with E-state index >= 15 is 0 Å². The molecule has 2 fully saturated rings. The third-order valence-corrected chi connectivity index (χ3v) is 5.96. The van der Waals surface area contributed by atoms with Crippen molar-refractivity contribution in [2.45, 2.75) is 70.8 Å². The fourth-order valence-electron chi connectivity index (χ4n) is 4.30. The summed E-state index contributed by atoms with van der Waals surface area (Å²) < 4.78 is 0. The Bertz CT molecular complexity index is 553. The number of hydrogen-bond donors (Lipinski definition) is 1. The van der Waals surface area contributed by atoms with Crippen LogP contribution in [-0.4, -0.2) is 33.9 Å². The molecule has 0 unspecified atom stereocenters. The van der Waals surface area contributed by atoms with Crippen molar-refractivity contribution in [3.63, 3.8) is 0 Å². The minimum atomic E-state index is -0.360. The van der Waals surface area contributed by atoms with Gasteiger partial charge < -0.3 is 5.73 Å². The first-order valence-corrected chi connectivity index (χ1v) is 9.46. The number of aromatic nitrogens is 2. The summed E-state index contributed by atoms with van der Waals surface area (Å²) in [7, 11) is 0. The maximum absolute atomic E-state index is 11.9. The molecular formula is C19H30N4O. The zero-order valence-electron chi connectivity index (χ0n) is 14.8. The summed E-state index contributed by atoms with van der Waals surface area (Å²) in [6.45, 7) is 4.64. The molecule has 2 N–H and O–H groups in total. The van der Waals surface area contributed by atoms with Gasteiger partial charge in [-0.2, -0.15) is 0 Å². The number of carbonyl (C=O) groups is 1. The van der Waals surface area contributed by atoms with Crippen LogP contribution in [0.1, 0.15) is 75.6 Å².